The van der Waals surface area contributed by atoms with Crippen molar-refractivity contribution in [3.8, 4) is 0 Å². The zero-order valence-corrected chi connectivity index (χ0v) is 15.8. The van der Waals surface area contributed by atoms with Gasteiger partial charge in [0.25, 0.3) is 0 Å². The summed E-state index contributed by atoms with van der Waals surface area (Å²) in [6.07, 6.45) is 24.8. The minimum absolute atomic E-state index is 0.0220. The van der Waals surface area contributed by atoms with Gasteiger partial charge in [0.2, 0.25) is 0 Å². The molecule has 0 unspecified atom stereocenters. The largest absolute Gasteiger partial charge is 0.481 e. The first-order chi connectivity index (χ1) is 11.8. The second-order valence-corrected chi connectivity index (χ2v) is 8.64. The average molecular weight is 337 g/mol. The second-order valence-electron chi connectivity index (χ2n) is 8.64. The maximum atomic E-state index is 10.8. The summed E-state index contributed by atoms with van der Waals surface area (Å²) < 4.78 is 0. The van der Waals surface area contributed by atoms with Gasteiger partial charge < -0.3 is 5.11 Å². The third kappa shape index (κ3) is 8.03. The van der Waals surface area contributed by atoms with Gasteiger partial charge in [-0.25, -0.2) is 0 Å². The average Bonchev–Trinajstić information content (AvgIpc) is 2.50. The monoisotopic (exact) mass is 336 g/mol. The van der Waals surface area contributed by atoms with E-state index in [-0.39, 0.29) is 5.92 Å². The van der Waals surface area contributed by atoms with Gasteiger partial charge in [0.1, 0.15) is 0 Å². The van der Waals surface area contributed by atoms with Crippen LogP contribution in [0.4, 0.5) is 0 Å². The van der Waals surface area contributed by atoms with E-state index in [1.165, 1.54) is 103 Å². The molecule has 0 aliphatic heterocycles. The predicted octanol–water partition coefficient (Wildman–Crippen LogP) is 6.97. The third-order valence-electron chi connectivity index (χ3n) is 6.53. The molecule has 2 rings (SSSR count). The molecule has 0 aromatic heterocycles. The van der Waals surface area contributed by atoms with Crippen LogP contribution >= 0.6 is 0 Å². The van der Waals surface area contributed by atoms with Gasteiger partial charge in [0.05, 0.1) is 5.92 Å². The second kappa shape index (κ2) is 11.9. The summed E-state index contributed by atoms with van der Waals surface area (Å²) in [6.45, 7) is 0. The quantitative estimate of drug-likeness (QED) is 0.510. The Kier molecular flexibility index (Phi) is 9.83. The number of hydrogen-bond acceptors (Lipinski definition) is 1. The Morgan fingerprint density at radius 3 is 1.62 bits per heavy atom. The summed E-state index contributed by atoms with van der Waals surface area (Å²) in [4.78, 5) is 10.8. The molecule has 0 heterocycles. The van der Waals surface area contributed by atoms with Gasteiger partial charge in [0.15, 0.2) is 0 Å². The summed E-state index contributed by atoms with van der Waals surface area (Å²) in [6, 6.07) is 0. The molecule has 0 saturated heterocycles. The molecular formula is C22H40O2. The Hall–Kier alpha value is -0.530. The lowest BCUT2D eigenvalue weighted by atomic mass is 9.72. The molecule has 2 aliphatic rings. The van der Waals surface area contributed by atoms with E-state index in [9.17, 15) is 4.79 Å². The van der Waals surface area contributed by atoms with Crippen LogP contribution in [0.15, 0.2) is 0 Å². The van der Waals surface area contributed by atoms with Crippen molar-refractivity contribution in [1.29, 1.82) is 0 Å². The molecule has 0 amide bonds. The fourth-order valence-electron chi connectivity index (χ4n) is 4.75. The molecule has 2 aliphatic carbocycles. The number of hydrogen-bond donors (Lipinski definition) is 1. The summed E-state index contributed by atoms with van der Waals surface area (Å²) in [5.41, 5.74) is 0. The van der Waals surface area contributed by atoms with Gasteiger partial charge in [-0.3, -0.25) is 4.79 Å². The molecule has 1 N–H and O–H groups in total. The van der Waals surface area contributed by atoms with Gasteiger partial charge in [0, 0.05) is 0 Å². The first-order valence-corrected chi connectivity index (χ1v) is 11.0. The van der Waals surface area contributed by atoms with Crippen LogP contribution < -0.4 is 0 Å². The van der Waals surface area contributed by atoms with Crippen LogP contribution in [0.25, 0.3) is 0 Å². The van der Waals surface area contributed by atoms with Gasteiger partial charge in [-0.1, -0.05) is 103 Å². The van der Waals surface area contributed by atoms with E-state index in [2.05, 4.69) is 0 Å². The van der Waals surface area contributed by atoms with Crippen molar-refractivity contribution >= 4 is 5.97 Å². The number of unbranched alkanes of at least 4 members (excludes halogenated alkanes) is 2. The van der Waals surface area contributed by atoms with E-state index in [1.54, 1.807) is 0 Å². The van der Waals surface area contributed by atoms with Gasteiger partial charge in [-0.05, 0) is 24.7 Å². The number of carbonyl (C=O) groups is 1. The SMILES string of the molecule is O=C(O)C1CC(CCCCCC2CCCCCCCCCCC2)C1. The van der Waals surface area contributed by atoms with E-state index in [1.807, 2.05) is 0 Å². The standard InChI is InChI=1S/C22H40O2/c23-22(24)21-17-20(18-21)16-12-8-11-15-19-13-9-6-4-2-1-3-5-7-10-14-19/h19-21H,1-18H2,(H,23,24). The first kappa shape index (κ1) is 19.8. The highest BCUT2D eigenvalue weighted by molar-refractivity contribution is 5.71. The molecule has 0 atom stereocenters. The molecule has 0 bridgehead atoms. The highest BCUT2D eigenvalue weighted by Crippen LogP contribution is 2.37. The minimum Gasteiger partial charge on any atom is -0.481 e. The third-order valence-corrected chi connectivity index (χ3v) is 6.53. The minimum atomic E-state index is -0.575. The van der Waals surface area contributed by atoms with Crippen molar-refractivity contribution in [3.05, 3.63) is 0 Å². The number of carboxylic acids is 1. The fraction of sp³-hybridized carbons (Fsp3) is 0.955. The van der Waals surface area contributed by atoms with Crippen molar-refractivity contribution in [2.24, 2.45) is 17.8 Å². The molecule has 2 nitrogen and oxygen atoms in total. The maximum Gasteiger partial charge on any atom is 0.306 e. The van der Waals surface area contributed by atoms with Crippen molar-refractivity contribution in [2.45, 2.75) is 116 Å². The molecule has 0 aromatic carbocycles. The number of rotatable bonds is 7. The topological polar surface area (TPSA) is 37.3 Å². The summed E-state index contributed by atoms with van der Waals surface area (Å²) in [5, 5.41) is 8.92. The molecule has 0 spiro atoms. The predicted molar refractivity (Wildman–Crippen MR) is 101 cm³/mol. The number of carboxylic acid groups (broad SMARTS) is 1. The van der Waals surface area contributed by atoms with Gasteiger partial charge in [-0.15, -0.1) is 0 Å². The van der Waals surface area contributed by atoms with Crippen LogP contribution in [0.1, 0.15) is 116 Å². The van der Waals surface area contributed by atoms with Crippen molar-refractivity contribution in [3.63, 3.8) is 0 Å². The Balaban J connectivity index is 1.50. The zero-order chi connectivity index (χ0) is 17.0. The lowest BCUT2D eigenvalue weighted by Crippen LogP contribution is -2.30. The molecule has 140 valence electrons. The van der Waals surface area contributed by atoms with E-state index in [0.717, 1.165) is 18.8 Å². The molecule has 2 saturated carbocycles. The Morgan fingerprint density at radius 1 is 0.667 bits per heavy atom. The Labute approximate surface area is 149 Å². The van der Waals surface area contributed by atoms with Crippen LogP contribution in [0, 0.1) is 17.8 Å². The fourth-order valence-corrected chi connectivity index (χ4v) is 4.75. The Bertz CT molecular complexity index is 321. The van der Waals surface area contributed by atoms with Gasteiger partial charge in [-0.2, -0.15) is 0 Å². The normalized spacial score (nSPS) is 27.7. The molecule has 0 radical (unpaired) electrons. The van der Waals surface area contributed by atoms with Crippen molar-refractivity contribution < 1.29 is 9.90 Å². The van der Waals surface area contributed by atoms with Crippen molar-refractivity contribution in [2.75, 3.05) is 0 Å². The maximum absolute atomic E-state index is 10.8. The smallest absolute Gasteiger partial charge is 0.306 e. The highest BCUT2D eigenvalue weighted by atomic mass is 16.4. The molecule has 2 fully saturated rings. The van der Waals surface area contributed by atoms with Crippen LogP contribution in [0.2, 0.25) is 0 Å². The zero-order valence-electron chi connectivity index (χ0n) is 15.8. The first-order valence-electron chi connectivity index (χ1n) is 11.0. The van der Waals surface area contributed by atoms with Crippen LogP contribution in [0.3, 0.4) is 0 Å². The highest BCUT2D eigenvalue weighted by Gasteiger charge is 2.33. The van der Waals surface area contributed by atoms with E-state index in [0.29, 0.717) is 5.92 Å². The molecule has 24 heavy (non-hydrogen) atoms. The lowest BCUT2D eigenvalue weighted by Gasteiger charge is -2.32. The molecule has 2 heteroatoms. The molecule has 0 aromatic rings. The van der Waals surface area contributed by atoms with Crippen molar-refractivity contribution in [1.82, 2.24) is 0 Å². The van der Waals surface area contributed by atoms with Gasteiger partial charge >= 0.3 is 5.97 Å². The van der Waals surface area contributed by atoms with E-state index in [4.69, 9.17) is 5.11 Å². The number of aliphatic carboxylic acids is 1. The van der Waals surface area contributed by atoms with E-state index < -0.39 is 5.97 Å². The van der Waals surface area contributed by atoms with E-state index >= 15 is 0 Å². The summed E-state index contributed by atoms with van der Waals surface area (Å²) in [7, 11) is 0. The Morgan fingerprint density at radius 2 is 1.12 bits per heavy atom. The van der Waals surface area contributed by atoms with Crippen LogP contribution in [-0.4, -0.2) is 11.1 Å². The van der Waals surface area contributed by atoms with Crippen LogP contribution in [0.5, 0.6) is 0 Å². The summed E-state index contributed by atoms with van der Waals surface area (Å²) >= 11 is 0. The molecular weight excluding hydrogens is 296 g/mol. The van der Waals surface area contributed by atoms with Crippen LogP contribution in [-0.2, 0) is 4.79 Å². The summed E-state index contributed by atoms with van der Waals surface area (Å²) in [5.74, 6) is 1.11. The lowest BCUT2D eigenvalue weighted by molar-refractivity contribution is -0.146.